The van der Waals surface area contributed by atoms with Gasteiger partial charge < -0.3 is 10.1 Å². The standard InChI is InChI=1S/C13H18N4O/c1-13(2)9(8-10(13)18-3)14-12-15-11-6-4-5-7-17(11)16-12/h4-7,9-10H,8H2,1-3H3,(H,14,16). The third-order valence-electron chi connectivity index (χ3n) is 4.01. The molecule has 1 N–H and O–H groups in total. The Morgan fingerprint density at radius 1 is 1.44 bits per heavy atom. The Bertz CT molecular complexity index is 530. The molecule has 0 aromatic carbocycles. The van der Waals surface area contributed by atoms with Crippen molar-refractivity contribution >= 4 is 11.6 Å². The van der Waals surface area contributed by atoms with Gasteiger partial charge in [-0.2, -0.15) is 4.98 Å². The van der Waals surface area contributed by atoms with Crippen molar-refractivity contribution in [3.63, 3.8) is 0 Å². The first kappa shape index (κ1) is 11.5. The first-order chi connectivity index (χ1) is 8.61. The zero-order valence-corrected chi connectivity index (χ0v) is 10.9. The maximum absolute atomic E-state index is 5.44. The number of rotatable bonds is 3. The first-order valence-corrected chi connectivity index (χ1v) is 6.22. The van der Waals surface area contributed by atoms with Crippen molar-refractivity contribution in [1.82, 2.24) is 14.6 Å². The van der Waals surface area contributed by atoms with Gasteiger partial charge in [0.05, 0.1) is 6.10 Å². The Hall–Kier alpha value is -1.62. The van der Waals surface area contributed by atoms with Crippen molar-refractivity contribution in [3.05, 3.63) is 24.4 Å². The topological polar surface area (TPSA) is 51.5 Å². The van der Waals surface area contributed by atoms with Crippen LogP contribution in [0.1, 0.15) is 20.3 Å². The van der Waals surface area contributed by atoms with Crippen LogP contribution in [0.25, 0.3) is 5.65 Å². The average Bonchev–Trinajstić information content (AvgIpc) is 2.76. The van der Waals surface area contributed by atoms with Gasteiger partial charge in [0.2, 0.25) is 5.95 Å². The second kappa shape index (κ2) is 3.95. The number of ether oxygens (including phenoxy) is 1. The molecule has 5 heteroatoms. The Labute approximate surface area is 106 Å². The summed E-state index contributed by atoms with van der Waals surface area (Å²) >= 11 is 0. The van der Waals surface area contributed by atoms with Gasteiger partial charge in [-0.1, -0.05) is 19.9 Å². The van der Waals surface area contributed by atoms with E-state index in [4.69, 9.17) is 4.74 Å². The maximum Gasteiger partial charge on any atom is 0.243 e. The van der Waals surface area contributed by atoms with Crippen LogP contribution in [0.2, 0.25) is 0 Å². The lowest BCUT2D eigenvalue weighted by Gasteiger charge is -2.51. The van der Waals surface area contributed by atoms with Gasteiger partial charge in [-0.05, 0) is 18.6 Å². The summed E-state index contributed by atoms with van der Waals surface area (Å²) in [5, 5.41) is 7.80. The van der Waals surface area contributed by atoms with Crippen LogP contribution in [0, 0.1) is 5.41 Å². The predicted molar refractivity (Wildman–Crippen MR) is 69.6 cm³/mol. The minimum Gasteiger partial charge on any atom is -0.381 e. The fourth-order valence-electron chi connectivity index (χ4n) is 2.58. The fourth-order valence-corrected chi connectivity index (χ4v) is 2.58. The zero-order chi connectivity index (χ0) is 12.8. The molecular weight excluding hydrogens is 228 g/mol. The number of methoxy groups -OCH3 is 1. The molecule has 2 atom stereocenters. The Kier molecular flexibility index (Phi) is 2.52. The number of anilines is 1. The Balaban J connectivity index is 1.78. The predicted octanol–water partition coefficient (Wildman–Crippen LogP) is 1.95. The van der Waals surface area contributed by atoms with Gasteiger partial charge in [0.1, 0.15) is 0 Å². The largest absolute Gasteiger partial charge is 0.381 e. The van der Waals surface area contributed by atoms with Crippen molar-refractivity contribution in [1.29, 1.82) is 0 Å². The molecule has 2 aromatic heterocycles. The van der Waals surface area contributed by atoms with E-state index in [9.17, 15) is 0 Å². The van der Waals surface area contributed by atoms with E-state index in [0.29, 0.717) is 18.1 Å². The summed E-state index contributed by atoms with van der Waals surface area (Å²) in [4.78, 5) is 4.45. The van der Waals surface area contributed by atoms with Crippen molar-refractivity contribution < 1.29 is 4.74 Å². The molecule has 0 aliphatic heterocycles. The molecule has 0 radical (unpaired) electrons. The number of hydrogen-bond donors (Lipinski definition) is 1. The molecule has 1 fully saturated rings. The zero-order valence-electron chi connectivity index (χ0n) is 10.9. The van der Waals surface area contributed by atoms with E-state index >= 15 is 0 Å². The van der Waals surface area contributed by atoms with E-state index in [1.54, 1.807) is 11.6 Å². The highest BCUT2D eigenvalue weighted by molar-refractivity contribution is 5.43. The van der Waals surface area contributed by atoms with Gasteiger partial charge in [-0.3, -0.25) is 0 Å². The molecule has 0 bridgehead atoms. The van der Waals surface area contributed by atoms with E-state index in [1.807, 2.05) is 24.4 Å². The molecule has 1 aliphatic rings. The minimum atomic E-state index is 0.117. The molecule has 0 spiro atoms. The second-order valence-electron chi connectivity index (χ2n) is 5.42. The lowest BCUT2D eigenvalue weighted by atomic mass is 9.64. The van der Waals surface area contributed by atoms with Gasteiger partial charge in [-0.15, -0.1) is 5.10 Å². The van der Waals surface area contributed by atoms with Crippen LogP contribution in [0.4, 0.5) is 5.95 Å². The van der Waals surface area contributed by atoms with Crippen LogP contribution in [0.3, 0.4) is 0 Å². The normalized spacial score (nSPS) is 25.9. The number of aromatic nitrogens is 3. The molecule has 0 amide bonds. The van der Waals surface area contributed by atoms with Crippen molar-refractivity contribution in [2.45, 2.75) is 32.4 Å². The van der Waals surface area contributed by atoms with Crippen LogP contribution in [-0.4, -0.2) is 33.9 Å². The summed E-state index contributed by atoms with van der Waals surface area (Å²) in [7, 11) is 1.77. The fraction of sp³-hybridized carbons (Fsp3) is 0.538. The molecule has 96 valence electrons. The summed E-state index contributed by atoms with van der Waals surface area (Å²) in [6.45, 7) is 4.41. The quantitative estimate of drug-likeness (QED) is 0.899. The second-order valence-corrected chi connectivity index (χ2v) is 5.42. The summed E-state index contributed by atoms with van der Waals surface area (Å²) in [5.74, 6) is 0.689. The number of nitrogens with one attached hydrogen (secondary N) is 1. The van der Waals surface area contributed by atoms with E-state index in [-0.39, 0.29) is 5.41 Å². The van der Waals surface area contributed by atoms with Gasteiger partial charge in [-0.25, -0.2) is 4.52 Å². The maximum atomic E-state index is 5.44. The first-order valence-electron chi connectivity index (χ1n) is 6.22. The van der Waals surface area contributed by atoms with E-state index in [1.165, 1.54) is 0 Å². The highest BCUT2D eigenvalue weighted by Gasteiger charge is 2.48. The minimum absolute atomic E-state index is 0.117. The summed E-state index contributed by atoms with van der Waals surface area (Å²) in [6, 6.07) is 6.21. The smallest absolute Gasteiger partial charge is 0.243 e. The van der Waals surface area contributed by atoms with E-state index in [0.717, 1.165) is 12.1 Å². The summed E-state index contributed by atoms with van der Waals surface area (Å²) < 4.78 is 7.22. The number of nitrogens with zero attached hydrogens (tertiary/aromatic N) is 3. The Morgan fingerprint density at radius 2 is 2.28 bits per heavy atom. The average molecular weight is 246 g/mol. The van der Waals surface area contributed by atoms with Crippen LogP contribution >= 0.6 is 0 Å². The lowest BCUT2D eigenvalue weighted by Crippen LogP contribution is -2.57. The molecule has 2 heterocycles. The highest BCUT2D eigenvalue weighted by Crippen LogP contribution is 2.43. The number of hydrogen-bond acceptors (Lipinski definition) is 4. The molecule has 18 heavy (non-hydrogen) atoms. The van der Waals surface area contributed by atoms with Gasteiger partial charge in [0.25, 0.3) is 0 Å². The van der Waals surface area contributed by atoms with Gasteiger partial charge in [0, 0.05) is 24.8 Å². The number of fused-ring (bicyclic) bond motifs is 1. The third kappa shape index (κ3) is 1.66. The van der Waals surface area contributed by atoms with Crippen molar-refractivity contribution in [3.8, 4) is 0 Å². The van der Waals surface area contributed by atoms with E-state index < -0.39 is 0 Å². The van der Waals surface area contributed by atoms with Crippen LogP contribution in [0.15, 0.2) is 24.4 Å². The Morgan fingerprint density at radius 3 is 2.94 bits per heavy atom. The molecule has 5 nitrogen and oxygen atoms in total. The van der Waals surface area contributed by atoms with Crippen LogP contribution in [-0.2, 0) is 4.74 Å². The highest BCUT2D eigenvalue weighted by atomic mass is 16.5. The third-order valence-corrected chi connectivity index (χ3v) is 4.01. The molecule has 3 rings (SSSR count). The number of pyridine rings is 1. The molecule has 2 unspecified atom stereocenters. The van der Waals surface area contributed by atoms with E-state index in [2.05, 4.69) is 29.2 Å². The van der Waals surface area contributed by atoms with Gasteiger partial charge >= 0.3 is 0 Å². The molecule has 2 aromatic rings. The van der Waals surface area contributed by atoms with Crippen molar-refractivity contribution in [2.75, 3.05) is 12.4 Å². The van der Waals surface area contributed by atoms with Crippen LogP contribution in [0.5, 0.6) is 0 Å². The summed E-state index contributed by atoms with van der Waals surface area (Å²) in [6.07, 6.45) is 3.21. The molecule has 1 aliphatic carbocycles. The summed E-state index contributed by atoms with van der Waals surface area (Å²) in [5.41, 5.74) is 0.979. The van der Waals surface area contributed by atoms with Crippen molar-refractivity contribution in [2.24, 2.45) is 5.41 Å². The molecular formula is C13H18N4O. The monoisotopic (exact) mass is 246 g/mol. The SMILES string of the molecule is COC1CC(Nc2nc3ccccn3n2)C1(C)C. The molecule has 1 saturated carbocycles. The van der Waals surface area contributed by atoms with Crippen LogP contribution < -0.4 is 5.32 Å². The molecule has 0 saturated heterocycles. The van der Waals surface area contributed by atoms with Gasteiger partial charge in [0.15, 0.2) is 5.65 Å². The lowest BCUT2D eigenvalue weighted by molar-refractivity contribution is -0.0796.